The van der Waals surface area contributed by atoms with Gasteiger partial charge in [-0.05, 0) is 11.1 Å². The molecule has 0 saturated heterocycles. The molecule has 1 aliphatic rings. The molecule has 0 N–H and O–H groups in total. The normalized spacial score (nSPS) is 13.1. The van der Waals surface area contributed by atoms with Gasteiger partial charge in [-0.1, -0.05) is 38.1 Å². The van der Waals surface area contributed by atoms with Gasteiger partial charge in [0, 0.05) is 0 Å². The van der Waals surface area contributed by atoms with E-state index in [-0.39, 0.29) is 19.9 Å². The van der Waals surface area contributed by atoms with Gasteiger partial charge in [-0.3, -0.25) is 0 Å². The van der Waals surface area contributed by atoms with E-state index < -0.39 is 0 Å². The van der Waals surface area contributed by atoms with Gasteiger partial charge in [0.15, 0.2) is 0 Å². The van der Waals surface area contributed by atoms with Crippen LogP contribution in [0.3, 0.4) is 0 Å². The number of hydrogen-bond donors (Lipinski definition) is 0. The van der Waals surface area contributed by atoms with Crippen LogP contribution >= 0.6 is 0 Å². The molecule has 0 saturated carbocycles. The molecule has 3 nitrogen and oxygen atoms in total. The van der Waals surface area contributed by atoms with Gasteiger partial charge in [-0.25, -0.2) is 0 Å². The Morgan fingerprint density at radius 1 is 0.389 bits per heavy atom. The summed E-state index contributed by atoms with van der Waals surface area (Å²) >= 11 is 0.142. The van der Waals surface area contributed by atoms with Crippen molar-refractivity contribution in [2.45, 2.75) is 19.3 Å². The molecule has 0 radical (unpaired) electrons. The monoisotopic (exact) mass is 755 g/mol. The third kappa shape index (κ3) is 4.71. The minimum absolute atomic E-state index is 0.127. The summed E-state index contributed by atoms with van der Waals surface area (Å²) in [6.07, 6.45) is 0. The van der Waals surface area contributed by atoms with Crippen LogP contribution < -0.4 is 0 Å². The second-order valence-corrected chi connectivity index (χ2v) is 16.9. The van der Waals surface area contributed by atoms with E-state index in [1.54, 1.807) is 0 Å². The van der Waals surface area contributed by atoms with Gasteiger partial charge in [-0.2, -0.15) is 0 Å². The van der Waals surface area contributed by atoms with Crippen molar-refractivity contribution in [2.75, 3.05) is 0 Å². The SMILES string of the molecule is CC1(C)c2ccccc2-c2ccc(-c3nc(-c4ccccc4)nc(-c4cc5ccc6c7cccc(-c8ccccc8)c7[se]c6c5c5ccccc45)n3)cc21. The van der Waals surface area contributed by atoms with E-state index in [2.05, 4.69) is 159 Å². The molecule has 11 rings (SSSR count). The number of aromatic nitrogens is 3. The van der Waals surface area contributed by atoms with Crippen LogP contribution in [0, 0.1) is 0 Å². The van der Waals surface area contributed by atoms with Crippen LogP contribution in [0.5, 0.6) is 0 Å². The van der Waals surface area contributed by atoms with Gasteiger partial charge in [0.1, 0.15) is 0 Å². The quantitative estimate of drug-likeness (QED) is 0.133. The van der Waals surface area contributed by atoms with E-state index >= 15 is 0 Å². The summed E-state index contributed by atoms with van der Waals surface area (Å²) in [6.45, 7) is 4.63. The summed E-state index contributed by atoms with van der Waals surface area (Å²) in [6, 6.07) is 59.1. The minimum atomic E-state index is -0.127. The average molecular weight is 755 g/mol. The van der Waals surface area contributed by atoms with Gasteiger partial charge in [0.25, 0.3) is 0 Å². The number of hydrogen-bond acceptors (Lipinski definition) is 3. The van der Waals surface area contributed by atoms with E-state index in [4.69, 9.17) is 15.0 Å². The van der Waals surface area contributed by atoms with Crippen molar-refractivity contribution < 1.29 is 0 Å². The van der Waals surface area contributed by atoms with Gasteiger partial charge < -0.3 is 0 Å². The predicted octanol–water partition coefficient (Wildman–Crippen LogP) is 12.5. The Balaban J connectivity index is 1.14. The van der Waals surface area contributed by atoms with Crippen molar-refractivity contribution >= 4 is 55.3 Å². The molecule has 1 aliphatic carbocycles. The summed E-state index contributed by atoms with van der Waals surface area (Å²) in [5.74, 6) is 2.03. The molecule has 0 spiro atoms. The standard InChI is InChI=1S/C50H33N3Se/c1-50(2)42-23-12-11-19-36(42)37-26-25-33(29-43(37)50)48-51-47(31-16-7-4-8-17-31)52-49(53-48)41-28-32-24-27-40-39-22-13-21-34(30-14-5-3-6-15-30)45(39)54-46(40)44(32)38-20-10-9-18-35(38)41/h3-29H,1-2H3. The molecule has 2 heterocycles. The van der Waals surface area contributed by atoms with E-state index in [1.165, 1.54) is 68.8 Å². The molecule has 54 heavy (non-hydrogen) atoms. The average Bonchev–Trinajstić information content (AvgIpc) is 3.73. The summed E-state index contributed by atoms with van der Waals surface area (Å²) in [5.41, 5.74) is 10.7. The summed E-state index contributed by atoms with van der Waals surface area (Å²) in [5, 5.41) is 7.63. The van der Waals surface area contributed by atoms with Crippen molar-refractivity contribution in [1.29, 1.82) is 0 Å². The Morgan fingerprint density at radius 2 is 1.00 bits per heavy atom. The first-order chi connectivity index (χ1) is 26.5. The molecule has 0 aliphatic heterocycles. The second kappa shape index (κ2) is 11.9. The first-order valence-electron chi connectivity index (χ1n) is 18.4. The van der Waals surface area contributed by atoms with Crippen LogP contribution in [-0.4, -0.2) is 29.5 Å². The number of benzene rings is 8. The van der Waals surface area contributed by atoms with Crippen LogP contribution in [-0.2, 0) is 5.41 Å². The maximum absolute atomic E-state index is 5.31. The van der Waals surface area contributed by atoms with E-state index in [9.17, 15) is 0 Å². The molecule has 0 bridgehead atoms. The van der Waals surface area contributed by atoms with E-state index in [0.717, 1.165) is 22.1 Å². The first-order valence-corrected chi connectivity index (χ1v) is 20.2. The van der Waals surface area contributed by atoms with Crippen molar-refractivity contribution in [3.05, 3.63) is 175 Å². The molecule has 4 heteroatoms. The molecule has 0 fully saturated rings. The van der Waals surface area contributed by atoms with Crippen molar-refractivity contribution in [1.82, 2.24) is 15.0 Å². The van der Waals surface area contributed by atoms with Crippen molar-refractivity contribution in [3.63, 3.8) is 0 Å². The zero-order chi connectivity index (χ0) is 36.0. The summed E-state index contributed by atoms with van der Waals surface area (Å²) in [4.78, 5) is 15.7. The molecule has 2 aromatic heterocycles. The van der Waals surface area contributed by atoms with Gasteiger partial charge >= 0.3 is 272 Å². The summed E-state index contributed by atoms with van der Waals surface area (Å²) < 4.78 is 2.91. The van der Waals surface area contributed by atoms with Gasteiger partial charge in [0.2, 0.25) is 0 Å². The molecular weight excluding hydrogens is 722 g/mol. The first kappa shape index (κ1) is 31.3. The van der Waals surface area contributed by atoms with E-state index in [1.807, 2.05) is 18.2 Å². The molecule has 0 atom stereocenters. The molecule has 10 aromatic rings. The second-order valence-electron chi connectivity index (χ2n) is 14.8. The Bertz CT molecular complexity index is 3120. The van der Waals surface area contributed by atoms with Gasteiger partial charge in [-0.15, -0.1) is 0 Å². The Morgan fingerprint density at radius 3 is 1.81 bits per heavy atom. The zero-order valence-electron chi connectivity index (χ0n) is 29.8. The molecule has 8 aromatic carbocycles. The predicted molar refractivity (Wildman–Crippen MR) is 226 cm³/mol. The van der Waals surface area contributed by atoms with Crippen molar-refractivity contribution in [2.24, 2.45) is 0 Å². The van der Waals surface area contributed by atoms with Gasteiger partial charge in [0.05, 0.1) is 0 Å². The Hall–Kier alpha value is -6.19. The van der Waals surface area contributed by atoms with E-state index in [0.29, 0.717) is 17.5 Å². The fourth-order valence-corrected chi connectivity index (χ4v) is 11.6. The number of fused-ring (bicyclic) bond motifs is 10. The fraction of sp³-hybridized carbons (Fsp3) is 0.0600. The van der Waals surface area contributed by atoms with Crippen LogP contribution in [0.15, 0.2) is 164 Å². The van der Waals surface area contributed by atoms with Crippen LogP contribution in [0.25, 0.3) is 97.3 Å². The van der Waals surface area contributed by atoms with Crippen LogP contribution in [0.2, 0.25) is 0 Å². The molecule has 0 amide bonds. The Labute approximate surface area is 319 Å². The summed E-state index contributed by atoms with van der Waals surface area (Å²) in [7, 11) is 0. The maximum atomic E-state index is 5.31. The molecular formula is C50H33N3Se. The Kier molecular flexibility index (Phi) is 6.91. The third-order valence-electron chi connectivity index (χ3n) is 11.3. The number of nitrogens with zero attached hydrogens (tertiary/aromatic N) is 3. The molecule has 0 unspecified atom stereocenters. The van der Waals surface area contributed by atoms with Crippen molar-refractivity contribution in [3.8, 4) is 56.4 Å². The topological polar surface area (TPSA) is 38.7 Å². The van der Waals surface area contributed by atoms with Crippen LogP contribution in [0.1, 0.15) is 25.0 Å². The fourth-order valence-electron chi connectivity index (χ4n) is 8.66. The number of rotatable bonds is 4. The van der Waals surface area contributed by atoms with Crippen LogP contribution in [0.4, 0.5) is 0 Å². The third-order valence-corrected chi connectivity index (χ3v) is 14.0. The molecule has 254 valence electrons. The zero-order valence-corrected chi connectivity index (χ0v) is 31.6.